The molecule has 0 bridgehead atoms. The Balaban J connectivity index is 2.27. The van der Waals surface area contributed by atoms with Gasteiger partial charge in [0.2, 0.25) is 0 Å². The van der Waals surface area contributed by atoms with E-state index < -0.39 is 17.4 Å². The van der Waals surface area contributed by atoms with Crippen molar-refractivity contribution < 1.29 is 19.0 Å². The molecule has 17 heavy (non-hydrogen) atoms. The summed E-state index contributed by atoms with van der Waals surface area (Å²) in [4.78, 5) is 10.6. The predicted molar refractivity (Wildman–Crippen MR) is 60.5 cm³/mol. The molecular weight excluding hydrogens is 247 g/mol. The summed E-state index contributed by atoms with van der Waals surface area (Å²) in [7, 11) is 0. The zero-order valence-corrected chi connectivity index (χ0v) is 9.84. The van der Waals surface area contributed by atoms with Crippen LogP contribution in [0, 0.1) is 5.82 Å². The predicted octanol–water partition coefficient (Wildman–Crippen LogP) is 2.96. The minimum Gasteiger partial charge on any atom is -0.481 e. The van der Waals surface area contributed by atoms with Gasteiger partial charge in [0.25, 0.3) is 0 Å². The van der Waals surface area contributed by atoms with Gasteiger partial charge in [0.15, 0.2) is 0 Å². The van der Waals surface area contributed by atoms with Gasteiger partial charge in [-0.25, -0.2) is 4.39 Å². The molecule has 5 heteroatoms. The number of carboxylic acids is 1. The van der Waals surface area contributed by atoms with Crippen molar-refractivity contribution in [3.63, 3.8) is 0 Å². The third-order valence-electron chi connectivity index (χ3n) is 3.05. The van der Waals surface area contributed by atoms with E-state index in [0.717, 1.165) is 0 Å². The van der Waals surface area contributed by atoms with Gasteiger partial charge in [-0.2, -0.15) is 0 Å². The molecule has 1 aromatic rings. The zero-order valence-electron chi connectivity index (χ0n) is 9.08. The molecule has 1 aliphatic rings. The summed E-state index contributed by atoms with van der Waals surface area (Å²) in [5.41, 5.74) is -0.453. The molecule has 1 aromatic carbocycles. The monoisotopic (exact) mass is 258 g/mol. The summed E-state index contributed by atoms with van der Waals surface area (Å²) in [6.45, 7) is 0.519. The fraction of sp³-hybridized carbons (Fsp3) is 0.417. The van der Waals surface area contributed by atoms with Crippen LogP contribution in [0.25, 0.3) is 0 Å². The number of benzene rings is 1. The van der Waals surface area contributed by atoms with Crippen LogP contribution < -0.4 is 0 Å². The minimum atomic E-state index is -0.915. The van der Waals surface area contributed by atoms with E-state index >= 15 is 0 Å². The van der Waals surface area contributed by atoms with Crippen molar-refractivity contribution in [3.8, 4) is 0 Å². The maximum Gasteiger partial charge on any atom is 0.303 e. The van der Waals surface area contributed by atoms with Gasteiger partial charge >= 0.3 is 5.97 Å². The number of halogens is 2. The molecule has 2 rings (SSSR count). The minimum absolute atomic E-state index is 0.0496. The molecule has 1 unspecified atom stereocenters. The number of hydrogen-bond acceptors (Lipinski definition) is 2. The quantitative estimate of drug-likeness (QED) is 0.903. The highest BCUT2D eigenvalue weighted by Gasteiger charge is 2.42. The lowest BCUT2D eigenvalue weighted by molar-refractivity contribution is -0.167. The summed E-state index contributed by atoms with van der Waals surface area (Å²) < 4.78 is 19.2. The van der Waals surface area contributed by atoms with Crippen LogP contribution in [0.2, 0.25) is 5.02 Å². The third kappa shape index (κ3) is 2.42. The van der Waals surface area contributed by atoms with Gasteiger partial charge in [0, 0.05) is 23.4 Å². The second kappa shape index (κ2) is 4.63. The van der Waals surface area contributed by atoms with E-state index in [1.807, 2.05) is 0 Å². The number of hydrogen-bond donors (Lipinski definition) is 1. The van der Waals surface area contributed by atoms with Crippen LogP contribution in [-0.4, -0.2) is 17.7 Å². The van der Waals surface area contributed by atoms with Gasteiger partial charge in [0.1, 0.15) is 5.82 Å². The Bertz CT molecular complexity index is 443. The molecule has 0 aromatic heterocycles. The van der Waals surface area contributed by atoms with Crippen LogP contribution >= 0.6 is 11.6 Å². The zero-order chi connectivity index (χ0) is 12.5. The second-order valence-electron chi connectivity index (χ2n) is 4.11. The highest BCUT2D eigenvalue weighted by molar-refractivity contribution is 6.30. The molecule has 92 valence electrons. The van der Waals surface area contributed by atoms with Gasteiger partial charge in [-0.05, 0) is 24.6 Å². The molecule has 1 saturated heterocycles. The SMILES string of the molecule is O=C(O)CCC1(c2cc(Cl)ccc2F)CCO1. The van der Waals surface area contributed by atoms with E-state index in [1.165, 1.54) is 18.2 Å². The lowest BCUT2D eigenvalue weighted by atomic mass is 9.82. The molecule has 1 fully saturated rings. The van der Waals surface area contributed by atoms with Gasteiger partial charge < -0.3 is 9.84 Å². The number of carbonyl (C=O) groups is 1. The van der Waals surface area contributed by atoms with Crippen molar-refractivity contribution in [1.82, 2.24) is 0 Å². The Kier molecular flexibility index (Phi) is 3.35. The van der Waals surface area contributed by atoms with E-state index in [-0.39, 0.29) is 12.8 Å². The summed E-state index contributed by atoms with van der Waals surface area (Å²) in [6, 6.07) is 4.25. The summed E-state index contributed by atoms with van der Waals surface area (Å²) in [5, 5.41) is 9.11. The summed E-state index contributed by atoms with van der Waals surface area (Å²) in [6.07, 6.45) is 0.836. The van der Waals surface area contributed by atoms with Gasteiger partial charge in [0.05, 0.1) is 12.2 Å². The topological polar surface area (TPSA) is 46.5 Å². The average Bonchev–Trinajstić information content (AvgIpc) is 2.21. The molecule has 1 heterocycles. The molecular formula is C12H12ClFO3. The average molecular weight is 259 g/mol. The molecule has 0 amide bonds. The smallest absolute Gasteiger partial charge is 0.303 e. The Morgan fingerprint density at radius 1 is 1.59 bits per heavy atom. The Hall–Kier alpha value is -1.13. The second-order valence-corrected chi connectivity index (χ2v) is 4.55. The fourth-order valence-electron chi connectivity index (χ4n) is 2.05. The summed E-state index contributed by atoms with van der Waals surface area (Å²) in [5.74, 6) is -1.32. The maximum atomic E-state index is 13.7. The standard InChI is InChI=1S/C12H12ClFO3/c13-8-1-2-10(14)9(7-8)12(5-6-17-12)4-3-11(15)16/h1-2,7H,3-6H2,(H,15,16). The molecule has 1 N–H and O–H groups in total. The maximum absolute atomic E-state index is 13.7. The molecule has 3 nitrogen and oxygen atoms in total. The van der Waals surface area contributed by atoms with Crippen molar-refractivity contribution in [3.05, 3.63) is 34.6 Å². The lowest BCUT2D eigenvalue weighted by Crippen LogP contribution is -2.42. The van der Waals surface area contributed by atoms with Crippen LogP contribution in [0.3, 0.4) is 0 Å². The van der Waals surface area contributed by atoms with E-state index in [4.69, 9.17) is 21.4 Å². The van der Waals surface area contributed by atoms with Crippen molar-refractivity contribution in [1.29, 1.82) is 0 Å². The van der Waals surface area contributed by atoms with E-state index in [0.29, 0.717) is 23.6 Å². The van der Waals surface area contributed by atoms with E-state index in [2.05, 4.69) is 0 Å². The highest BCUT2D eigenvalue weighted by Crippen LogP contribution is 2.43. The number of rotatable bonds is 4. The largest absolute Gasteiger partial charge is 0.481 e. The normalized spacial score (nSPS) is 23.2. The first kappa shape index (κ1) is 12.3. The molecule has 0 spiro atoms. The van der Waals surface area contributed by atoms with Crippen molar-refractivity contribution in [2.45, 2.75) is 24.9 Å². The van der Waals surface area contributed by atoms with Gasteiger partial charge in [-0.15, -0.1) is 0 Å². The van der Waals surface area contributed by atoms with Crippen molar-refractivity contribution >= 4 is 17.6 Å². The van der Waals surface area contributed by atoms with Crippen LogP contribution in [0.5, 0.6) is 0 Å². The molecule has 1 aliphatic heterocycles. The van der Waals surface area contributed by atoms with E-state index in [9.17, 15) is 9.18 Å². The highest BCUT2D eigenvalue weighted by atomic mass is 35.5. The van der Waals surface area contributed by atoms with Crippen LogP contribution in [0.4, 0.5) is 4.39 Å². The van der Waals surface area contributed by atoms with Crippen LogP contribution in [0.1, 0.15) is 24.8 Å². The lowest BCUT2D eigenvalue weighted by Gasteiger charge is -2.42. The van der Waals surface area contributed by atoms with Crippen molar-refractivity contribution in [2.24, 2.45) is 0 Å². The third-order valence-corrected chi connectivity index (χ3v) is 3.28. The number of aliphatic carboxylic acids is 1. The van der Waals surface area contributed by atoms with Gasteiger partial charge in [-0.1, -0.05) is 11.6 Å². The van der Waals surface area contributed by atoms with Crippen molar-refractivity contribution in [2.75, 3.05) is 6.61 Å². The first-order valence-corrected chi connectivity index (χ1v) is 5.73. The Morgan fingerprint density at radius 2 is 2.29 bits per heavy atom. The molecule has 0 radical (unpaired) electrons. The summed E-state index contributed by atoms with van der Waals surface area (Å²) >= 11 is 5.83. The molecule has 0 aliphatic carbocycles. The fourth-order valence-corrected chi connectivity index (χ4v) is 2.22. The number of ether oxygens (including phenoxy) is 1. The molecule has 1 atom stereocenters. The Labute approximate surface area is 103 Å². The first-order chi connectivity index (χ1) is 8.03. The Morgan fingerprint density at radius 3 is 2.82 bits per heavy atom. The van der Waals surface area contributed by atoms with Crippen LogP contribution in [-0.2, 0) is 15.1 Å². The number of carboxylic acid groups (broad SMARTS) is 1. The van der Waals surface area contributed by atoms with Crippen LogP contribution in [0.15, 0.2) is 18.2 Å². The first-order valence-electron chi connectivity index (χ1n) is 5.35. The van der Waals surface area contributed by atoms with Gasteiger partial charge in [-0.3, -0.25) is 4.79 Å². The molecule has 0 saturated carbocycles. The van der Waals surface area contributed by atoms with E-state index in [1.54, 1.807) is 0 Å².